The van der Waals surface area contributed by atoms with E-state index in [-0.39, 0.29) is 0 Å². The molecule has 1 aliphatic heterocycles. The highest BCUT2D eigenvalue weighted by Gasteiger charge is 2.21. The molecule has 19 heavy (non-hydrogen) atoms. The van der Waals surface area contributed by atoms with E-state index < -0.39 is 5.97 Å². The van der Waals surface area contributed by atoms with Crippen LogP contribution in [0.15, 0.2) is 24.3 Å². The van der Waals surface area contributed by atoms with E-state index in [2.05, 4.69) is 17.1 Å². The molecule has 0 aromatic heterocycles. The van der Waals surface area contributed by atoms with Gasteiger partial charge in [0.05, 0.1) is 5.56 Å². The molecule has 1 aromatic carbocycles. The third-order valence-electron chi connectivity index (χ3n) is 3.69. The van der Waals surface area contributed by atoms with Crippen molar-refractivity contribution in [3.8, 4) is 0 Å². The molecule has 1 atom stereocenters. The highest BCUT2D eigenvalue weighted by Crippen LogP contribution is 2.21. The smallest absolute Gasteiger partial charge is 0.335 e. The number of benzene rings is 1. The number of carbonyl (C=O) groups is 1. The maximum absolute atomic E-state index is 10.9. The van der Waals surface area contributed by atoms with Crippen LogP contribution in [0.1, 0.15) is 36.5 Å². The Balaban J connectivity index is 2.10. The van der Waals surface area contributed by atoms with Crippen molar-refractivity contribution in [2.75, 3.05) is 24.5 Å². The van der Waals surface area contributed by atoms with Crippen LogP contribution in [0.2, 0.25) is 0 Å². The number of anilines is 1. The first-order chi connectivity index (χ1) is 9.22. The second-order valence-corrected chi connectivity index (χ2v) is 5.05. The van der Waals surface area contributed by atoms with Gasteiger partial charge in [0.1, 0.15) is 0 Å². The highest BCUT2D eigenvalue weighted by atomic mass is 16.4. The molecule has 0 spiro atoms. The van der Waals surface area contributed by atoms with Gasteiger partial charge in [-0.1, -0.05) is 19.8 Å². The predicted molar refractivity (Wildman–Crippen MR) is 76.9 cm³/mol. The molecule has 1 aliphatic rings. The van der Waals surface area contributed by atoms with Crippen molar-refractivity contribution in [1.29, 1.82) is 0 Å². The molecule has 104 valence electrons. The van der Waals surface area contributed by atoms with Crippen LogP contribution in [0.4, 0.5) is 5.69 Å². The maximum Gasteiger partial charge on any atom is 0.335 e. The Bertz CT molecular complexity index is 417. The van der Waals surface area contributed by atoms with Gasteiger partial charge in [-0.3, -0.25) is 0 Å². The Morgan fingerprint density at radius 2 is 2.16 bits per heavy atom. The minimum absolute atomic E-state index is 0.351. The zero-order valence-corrected chi connectivity index (χ0v) is 11.4. The monoisotopic (exact) mass is 262 g/mol. The summed E-state index contributed by atoms with van der Waals surface area (Å²) >= 11 is 0. The third-order valence-corrected chi connectivity index (χ3v) is 3.69. The quantitative estimate of drug-likeness (QED) is 0.855. The van der Waals surface area contributed by atoms with E-state index in [9.17, 15) is 4.79 Å². The lowest BCUT2D eigenvalue weighted by atomic mass is 10.0. The van der Waals surface area contributed by atoms with Crippen LogP contribution in [0.5, 0.6) is 0 Å². The van der Waals surface area contributed by atoms with E-state index in [0.717, 1.165) is 25.3 Å². The number of carboxylic acid groups (broad SMARTS) is 1. The number of carboxylic acids is 1. The maximum atomic E-state index is 10.9. The number of hydrogen-bond acceptors (Lipinski definition) is 3. The minimum Gasteiger partial charge on any atom is -0.478 e. The summed E-state index contributed by atoms with van der Waals surface area (Å²) in [5.41, 5.74) is 1.48. The normalized spacial score (nSPS) is 19.4. The van der Waals surface area contributed by atoms with Crippen LogP contribution in [0.25, 0.3) is 0 Å². The molecule has 2 rings (SSSR count). The van der Waals surface area contributed by atoms with Crippen molar-refractivity contribution in [1.82, 2.24) is 5.32 Å². The fraction of sp³-hybridized carbons (Fsp3) is 0.533. The molecular formula is C15H22N2O2. The largest absolute Gasteiger partial charge is 0.478 e. The SMILES string of the molecule is CCCCC1CNCCN1c1ccc(C(=O)O)cc1. The molecule has 4 heteroatoms. The number of piperazine rings is 1. The number of nitrogens with zero attached hydrogens (tertiary/aromatic N) is 1. The topological polar surface area (TPSA) is 52.6 Å². The fourth-order valence-electron chi connectivity index (χ4n) is 2.59. The Kier molecular flexibility index (Phi) is 4.80. The van der Waals surface area contributed by atoms with Gasteiger partial charge >= 0.3 is 5.97 Å². The Morgan fingerprint density at radius 3 is 2.79 bits per heavy atom. The van der Waals surface area contributed by atoms with Gasteiger partial charge in [-0.15, -0.1) is 0 Å². The molecule has 2 N–H and O–H groups in total. The minimum atomic E-state index is -0.866. The number of unbranched alkanes of at least 4 members (excludes halogenated alkanes) is 1. The summed E-state index contributed by atoms with van der Waals surface area (Å²) in [5, 5.41) is 12.4. The standard InChI is InChI=1S/C15H22N2O2/c1-2-3-4-14-11-16-9-10-17(14)13-7-5-12(6-8-13)15(18)19/h5-8,14,16H,2-4,9-11H2,1H3,(H,18,19). The summed E-state index contributed by atoms with van der Waals surface area (Å²) in [6, 6.07) is 7.75. The van der Waals surface area contributed by atoms with Crippen LogP contribution in [-0.2, 0) is 0 Å². The summed E-state index contributed by atoms with van der Waals surface area (Å²) in [6.07, 6.45) is 3.63. The lowest BCUT2D eigenvalue weighted by molar-refractivity contribution is 0.0697. The van der Waals surface area contributed by atoms with E-state index in [1.54, 1.807) is 12.1 Å². The van der Waals surface area contributed by atoms with Crippen molar-refractivity contribution < 1.29 is 9.90 Å². The molecule has 1 aromatic rings. The Labute approximate surface area is 114 Å². The summed E-state index contributed by atoms with van der Waals surface area (Å²) in [6.45, 7) is 5.20. The molecular weight excluding hydrogens is 240 g/mol. The summed E-state index contributed by atoms with van der Waals surface area (Å²) < 4.78 is 0. The lowest BCUT2D eigenvalue weighted by Gasteiger charge is -2.38. The van der Waals surface area contributed by atoms with Crippen LogP contribution in [0.3, 0.4) is 0 Å². The highest BCUT2D eigenvalue weighted by molar-refractivity contribution is 5.88. The molecule has 0 radical (unpaired) electrons. The molecule has 1 saturated heterocycles. The number of hydrogen-bond donors (Lipinski definition) is 2. The van der Waals surface area contributed by atoms with E-state index in [4.69, 9.17) is 5.11 Å². The molecule has 0 saturated carbocycles. The van der Waals surface area contributed by atoms with E-state index in [1.807, 2.05) is 12.1 Å². The fourth-order valence-corrected chi connectivity index (χ4v) is 2.59. The number of aromatic carboxylic acids is 1. The van der Waals surface area contributed by atoms with Gasteiger partial charge in [0.15, 0.2) is 0 Å². The van der Waals surface area contributed by atoms with Crippen molar-refractivity contribution in [2.45, 2.75) is 32.2 Å². The van der Waals surface area contributed by atoms with E-state index in [0.29, 0.717) is 11.6 Å². The molecule has 1 heterocycles. The second kappa shape index (κ2) is 6.57. The van der Waals surface area contributed by atoms with Crippen molar-refractivity contribution in [2.24, 2.45) is 0 Å². The average Bonchev–Trinajstić information content (AvgIpc) is 2.45. The van der Waals surface area contributed by atoms with Crippen LogP contribution >= 0.6 is 0 Å². The van der Waals surface area contributed by atoms with E-state index >= 15 is 0 Å². The zero-order valence-electron chi connectivity index (χ0n) is 11.4. The van der Waals surface area contributed by atoms with Crippen LogP contribution in [-0.4, -0.2) is 36.8 Å². The summed E-state index contributed by atoms with van der Waals surface area (Å²) in [5.74, 6) is -0.866. The van der Waals surface area contributed by atoms with Gasteiger partial charge in [0, 0.05) is 31.4 Å². The average molecular weight is 262 g/mol. The predicted octanol–water partition coefficient (Wildman–Crippen LogP) is 2.35. The lowest BCUT2D eigenvalue weighted by Crippen LogP contribution is -2.51. The van der Waals surface area contributed by atoms with Crippen molar-refractivity contribution >= 4 is 11.7 Å². The number of nitrogens with one attached hydrogen (secondary N) is 1. The number of rotatable bonds is 5. The van der Waals surface area contributed by atoms with Gasteiger partial charge in [-0.25, -0.2) is 4.79 Å². The van der Waals surface area contributed by atoms with Gasteiger partial charge in [-0.2, -0.15) is 0 Å². The molecule has 4 nitrogen and oxygen atoms in total. The second-order valence-electron chi connectivity index (χ2n) is 5.05. The first-order valence-electron chi connectivity index (χ1n) is 7.03. The molecule has 1 unspecified atom stereocenters. The van der Waals surface area contributed by atoms with Gasteiger partial charge in [-0.05, 0) is 30.7 Å². The molecule has 0 aliphatic carbocycles. The molecule has 0 bridgehead atoms. The van der Waals surface area contributed by atoms with Crippen LogP contribution < -0.4 is 10.2 Å². The Morgan fingerprint density at radius 1 is 1.42 bits per heavy atom. The first-order valence-corrected chi connectivity index (χ1v) is 7.03. The molecule has 0 amide bonds. The van der Waals surface area contributed by atoms with E-state index in [1.165, 1.54) is 19.3 Å². The van der Waals surface area contributed by atoms with Crippen LogP contribution in [0, 0.1) is 0 Å². The van der Waals surface area contributed by atoms with Gasteiger partial charge < -0.3 is 15.3 Å². The summed E-state index contributed by atoms with van der Waals surface area (Å²) in [4.78, 5) is 13.3. The zero-order chi connectivity index (χ0) is 13.7. The van der Waals surface area contributed by atoms with Crippen molar-refractivity contribution in [3.05, 3.63) is 29.8 Å². The Hall–Kier alpha value is -1.55. The van der Waals surface area contributed by atoms with Gasteiger partial charge in [0.25, 0.3) is 0 Å². The van der Waals surface area contributed by atoms with Crippen molar-refractivity contribution in [3.63, 3.8) is 0 Å². The summed E-state index contributed by atoms with van der Waals surface area (Å²) in [7, 11) is 0. The van der Waals surface area contributed by atoms with Gasteiger partial charge in [0.2, 0.25) is 0 Å². The molecule has 1 fully saturated rings. The third kappa shape index (κ3) is 3.47. The first kappa shape index (κ1) is 13.9.